The second-order valence-electron chi connectivity index (χ2n) is 5.84. The highest BCUT2D eigenvalue weighted by Gasteiger charge is 2.30. The Bertz CT molecular complexity index is 784. The summed E-state index contributed by atoms with van der Waals surface area (Å²) in [6, 6.07) is 7.85. The molecule has 0 aliphatic carbocycles. The van der Waals surface area contributed by atoms with Crippen LogP contribution in [-0.2, 0) is 9.53 Å². The maximum Gasteiger partial charge on any atom is 0.334 e. The quantitative estimate of drug-likeness (QED) is 0.920. The van der Waals surface area contributed by atoms with Gasteiger partial charge in [0.15, 0.2) is 6.10 Å². The van der Waals surface area contributed by atoms with E-state index in [2.05, 4.69) is 5.10 Å². The van der Waals surface area contributed by atoms with Crippen molar-refractivity contribution in [2.45, 2.75) is 20.0 Å². The summed E-state index contributed by atoms with van der Waals surface area (Å²) in [6.45, 7) is 4.46. The number of carboxylic acids is 1. The van der Waals surface area contributed by atoms with Crippen LogP contribution in [-0.4, -0.2) is 57.5 Å². The van der Waals surface area contributed by atoms with E-state index in [1.54, 1.807) is 4.68 Å². The zero-order chi connectivity index (χ0) is 17.3. The van der Waals surface area contributed by atoms with Crippen LogP contribution in [0.3, 0.4) is 0 Å². The summed E-state index contributed by atoms with van der Waals surface area (Å²) in [5.41, 5.74) is 3.19. The standard InChI is InChI=1S/C17H19N3O4/c1-11-4-3-5-13(8-11)20-12(2)14(9-18-20)16(21)19-6-7-24-15(10-19)17(22)23/h3-5,8-9,15H,6-7,10H2,1-2H3,(H,22,23). The zero-order valence-corrected chi connectivity index (χ0v) is 13.6. The third-order valence-electron chi connectivity index (χ3n) is 4.12. The molecule has 7 nitrogen and oxygen atoms in total. The molecule has 1 saturated heterocycles. The lowest BCUT2D eigenvalue weighted by Gasteiger charge is -2.30. The highest BCUT2D eigenvalue weighted by molar-refractivity contribution is 5.95. The van der Waals surface area contributed by atoms with Gasteiger partial charge in [0.25, 0.3) is 5.91 Å². The third kappa shape index (κ3) is 3.03. The molecule has 0 radical (unpaired) electrons. The average Bonchev–Trinajstić information content (AvgIpc) is 2.96. The molecule has 1 unspecified atom stereocenters. The number of carbonyl (C=O) groups excluding carboxylic acids is 1. The van der Waals surface area contributed by atoms with Gasteiger partial charge in [-0.15, -0.1) is 0 Å². The van der Waals surface area contributed by atoms with E-state index in [0.29, 0.717) is 12.1 Å². The molecule has 1 aromatic heterocycles. The first-order chi connectivity index (χ1) is 11.5. The molecule has 0 saturated carbocycles. The molecule has 2 aromatic rings. The number of ether oxygens (including phenoxy) is 1. The van der Waals surface area contributed by atoms with Gasteiger partial charge in [0.2, 0.25) is 0 Å². The lowest BCUT2D eigenvalue weighted by atomic mass is 10.2. The van der Waals surface area contributed by atoms with E-state index >= 15 is 0 Å². The third-order valence-corrected chi connectivity index (χ3v) is 4.12. The van der Waals surface area contributed by atoms with Crippen molar-refractivity contribution in [1.29, 1.82) is 0 Å². The summed E-state index contributed by atoms with van der Waals surface area (Å²) < 4.78 is 6.88. The predicted octanol–water partition coefficient (Wildman–Crippen LogP) is 1.41. The number of hydrogen-bond acceptors (Lipinski definition) is 4. The van der Waals surface area contributed by atoms with Gasteiger partial charge in [-0.1, -0.05) is 12.1 Å². The van der Waals surface area contributed by atoms with Crippen molar-refractivity contribution < 1.29 is 19.4 Å². The lowest BCUT2D eigenvalue weighted by molar-refractivity contribution is -0.154. The first kappa shape index (κ1) is 16.2. The summed E-state index contributed by atoms with van der Waals surface area (Å²) in [4.78, 5) is 25.3. The molecule has 0 spiro atoms. The number of nitrogens with zero attached hydrogens (tertiary/aromatic N) is 3. The maximum atomic E-state index is 12.7. The van der Waals surface area contributed by atoms with Crippen LogP contribution in [0.15, 0.2) is 30.5 Å². The van der Waals surface area contributed by atoms with Crippen LogP contribution in [0.2, 0.25) is 0 Å². The maximum absolute atomic E-state index is 12.7. The van der Waals surface area contributed by atoms with Gasteiger partial charge in [0.1, 0.15) is 0 Å². The normalized spacial score (nSPS) is 17.8. The Balaban J connectivity index is 1.85. The van der Waals surface area contributed by atoms with Crippen LogP contribution in [0, 0.1) is 13.8 Å². The number of aliphatic carboxylic acids is 1. The molecule has 1 aliphatic heterocycles. The van der Waals surface area contributed by atoms with Gasteiger partial charge in [-0.25, -0.2) is 9.48 Å². The van der Waals surface area contributed by atoms with Crippen molar-refractivity contribution in [3.8, 4) is 5.69 Å². The number of morpholine rings is 1. The molecule has 0 bridgehead atoms. The Hall–Kier alpha value is -2.67. The molecule has 2 heterocycles. The molecule has 24 heavy (non-hydrogen) atoms. The average molecular weight is 329 g/mol. The number of carbonyl (C=O) groups is 2. The van der Waals surface area contributed by atoms with Gasteiger partial charge < -0.3 is 14.7 Å². The molecular formula is C17H19N3O4. The number of amides is 1. The molecule has 1 amide bonds. The van der Waals surface area contributed by atoms with Crippen LogP contribution < -0.4 is 0 Å². The van der Waals surface area contributed by atoms with Crippen LogP contribution in [0.1, 0.15) is 21.6 Å². The molecule has 7 heteroatoms. The minimum Gasteiger partial charge on any atom is -0.479 e. The second kappa shape index (κ2) is 6.45. The highest BCUT2D eigenvalue weighted by atomic mass is 16.5. The van der Waals surface area contributed by atoms with Gasteiger partial charge in [-0.3, -0.25) is 4.79 Å². The molecule has 1 aromatic carbocycles. The fraction of sp³-hybridized carbons (Fsp3) is 0.353. The Morgan fingerprint density at radius 2 is 2.12 bits per heavy atom. The number of hydrogen-bond donors (Lipinski definition) is 1. The summed E-state index contributed by atoms with van der Waals surface area (Å²) >= 11 is 0. The van der Waals surface area contributed by atoms with E-state index in [1.165, 1.54) is 11.1 Å². The van der Waals surface area contributed by atoms with Gasteiger partial charge in [0.05, 0.1) is 36.3 Å². The van der Waals surface area contributed by atoms with E-state index in [1.807, 2.05) is 38.1 Å². The number of benzene rings is 1. The molecule has 1 atom stereocenters. The molecule has 126 valence electrons. The molecule has 1 aliphatic rings. The topological polar surface area (TPSA) is 84.7 Å². The Labute approximate surface area is 139 Å². The van der Waals surface area contributed by atoms with E-state index in [-0.39, 0.29) is 19.1 Å². The van der Waals surface area contributed by atoms with Crippen LogP contribution in [0.5, 0.6) is 0 Å². The Morgan fingerprint density at radius 1 is 1.33 bits per heavy atom. The number of carboxylic acid groups (broad SMARTS) is 1. The van der Waals surface area contributed by atoms with Crippen molar-refractivity contribution in [2.24, 2.45) is 0 Å². The minimum atomic E-state index is -1.06. The van der Waals surface area contributed by atoms with E-state index in [9.17, 15) is 9.59 Å². The summed E-state index contributed by atoms with van der Waals surface area (Å²) in [6.07, 6.45) is 0.556. The van der Waals surface area contributed by atoms with Crippen LogP contribution >= 0.6 is 0 Å². The van der Waals surface area contributed by atoms with Crippen molar-refractivity contribution in [2.75, 3.05) is 19.7 Å². The summed E-state index contributed by atoms with van der Waals surface area (Å²) in [7, 11) is 0. The van der Waals surface area contributed by atoms with Gasteiger partial charge in [-0.05, 0) is 31.5 Å². The Kier molecular flexibility index (Phi) is 4.35. The number of aromatic nitrogens is 2. The van der Waals surface area contributed by atoms with E-state index in [4.69, 9.17) is 9.84 Å². The predicted molar refractivity (Wildman–Crippen MR) is 86.3 cm³/mol. The van der Waals surface area contributed by atoms with Crippen LogP contribution in [0.25, 0.3) is 5.69 Å². The summed E-state index contributed by atoms with van der Waals surface area (Å²) in [5, 5.41) is 13.4. The van der Waals surface area contributed by atoms with Crippen molar-refractivity contribution in [3.63, 3.8) is 0 Å². The SMILES string of the molecule is Cc1cccc(-n2ncc(C(=O)N3CCOC(C(=O)O)C3)c2C)c1. The second-order valence-corrected chi connectivity index (χ2v) is 5.84. The molecule has 3 rings (SSSR count). The monoisotopic (exact) mass is 329 g/mol. The van der Waals surface area contributed by atoms with Gasteiger partial charge >= 0.3 is 5.97 Å². The fourth-order valence-electron chi connectivity index (χ4n) is 2.79. The van der Waals surface area contributed by atoms with Crippen molar-refractivity contribution >= 4 is 11.9 Å². The molecular weight excluding hydrogens is 310 g/mol. The lowest BCUT2D eigenvalue weighted by Crippen LogP contribution is -2.48. The molecule has 1 fully saturated rings. The van der Waals surface area contributed by atoms with Gasteiger partial charge in [0, 0.05) is 6.54 Å². The largest absolute Gasteiger partial charge is 0.479 e. The van der Waals surface area contributed by atoms with Crippen molar-refractivity contribution in [3.05, 3.63) is 47.3 Å². The van der Waals surface area contributed by atoms with E-state index in [0.717, 1.165) is 16.9 Å². The molecule has 1 N–H and O–H groups in total. The fourth-order valence-corrected chi connectivity index (χ4v) is 2.79. The van der Waals surface area contributed by atoms with E-state index < -0.39 is 12.1 Å². The first-order valence-corrected chi connectivity index (χ1v) is 7.72. The minimum absolute atomic E-state index is 0.0449. The van der Waals surface area contributed by atoms with Gasteiger partial charge in [-0.2, -0.15) is 5.10 Å². The van der Waals surface area contributed by atoms with Crippen molar-refractivity contribution in [1.82, 2.24) is 14.7 Å². The van der Waals surface area contributed by atoms with Crippen LogP contribution in [0.4, 0.5) is 0 Å². The summed E-state index contributed by atoms with van der Waals surface area (Å²) in [5.74, 6) is -1.28. The highest BCUT2D eigenvalue weighted by Crippen LogP contribution is 2.18. The number of aryl methyl sites for hydroxylation is 1. The smallest absolute Gasteiger partial charge is 0.334 e. The zero-order valence-electron chi connectivity index (χ0n) is 13.6. The first-order valence-electron chi connectivity index (χ1n) is 7.72. The Morgan fingerprint density at radius 3 is 2.83 bits per heavy atom. The number of rotatable bonds is 3.